The lowest BCUT2D eigenvalue weighted by molar-refractivity contribution is 0.0238. The van der Waals surface area contributed by atoms with Crippen molar-refractivity contribution in [2.45, 2.75) is 37.8 Å². The minimum atomic E-state index is -0.00978. The van der Waals surface area contributed by atoms with Gasteiger partial charge in [-0.05, 0) is 43.9 Å². The predicted octanol–water partition coefficient (Wildman–Crippen LogP) is 1.64. The van der Waals surface area contributed by atoms with Crippen LogP contribution in [0.3, 0.4) is 0 Å². The lowest BCUT2D eigenvalue weighted by Gasteiger charge is -2.39. The molecule has 138 valence electrons. The first-order valence-corrected chi connectivity index (χ1v) is 9.37. The summed E-state index contributed by atoms with van der Waals surface area (Å²) >= 11 is 0. The van der Waals surface area contributed by atoms with Gasteiger partial charge >= 0.3 is 0 Å². The summed E-state index contributed by atoms with van der Waals surface area (Å²) < 4.78 is 7.25. The third kappa shape index (κ3) is 3.94. The highest BCUT2D eigenvalue weighted by Gasteiger charge is 2.27. The Morgan fingerprint density at radius 3 is 2.54 bits per heavy atom. The quantitative estimate of drug-likeness (QED) is 0.903. The van der Waals surface area contributed by atoms with Gasteiger partial charge in [0.2, 0.25) is 0 Å². The zero-order valence-electron chi connectivity index (χ0n) is 14.9. The fourth-order valence-corrected chi connectivity index (χ4v) is 3.87. The number of carbonyl (C=O) groups excluding carboxylic acids is 1. The van der Waals surface area contributed by atoms with Crippen LogP contribution in [0, 0.1) is 0 Å². The van der Waals surface area contributed by atoms with Crippen molar-refractivity contribution in [1.82, 2.24) is 25.0 Å². The molecule has 1 aromatic carbocycles. The van der Waals surface area contributed by atoms with Crippen LogP contribution in [0.25, 0.3) is 5.69 Å². The molecule has 2 saturated heterocycles. The van der Waals surface area contributed by atoms with Gasteiger partial charge in [-0.1, -0.05) is 6.07 Å². The molecule has 0 bridgehead atoms. The Bertz CT molecular complexity index is 719. The minimum Gasteiger partial charge on any atom is -0.381 e. The van der Waals surface area contributed by atoms with Crippen LogP contribution in [0.2, 0.25) is 0 Å². The summed E-state index contributed by atoms with van der Waals surface area (Å²) in [6.07, 6.45) is 7.54. The summed E-state index contributed by atoms with van der Waals surface area (Å²) in [7, 11) is 0. The van der Waals surface area contributed by atoms with Gasteiger partial charge < -0.3 is 15.0 Å². The van der Waals surface area contributed by atoms with Gasteiger partial charge in [0.05, 0.1) is 0 Å². The average Bonchev–Trinajstić information content (AvgIpc) is 3.24. The number of hydrogen-bond donors (Lipinski definition) is 1. The Morgan fingerprint density at radius 1 is 1.08 bits per heavy atom. The van der Waals surface area contributed by atoms with E-state index in [0.29, 0.717) is 11.6 Å². The van der Waals surface area contributed by atoms with E-state index in [1.807, 2.05) is 24.3 Å². The first kappa shape index (κ1) is 17.2. The van der Waals surface area contributed by atoms with Gasteiger partial charge in [-0.3, -0.25) is 9.36 Å². The van der Waals surface area contributed by atoms with Crippen LogP contribution in [0.15, 0.2) is 36.9 Å². The molecule has 0 radical (unpaired) electrons. The van der Waals surface area contributed by atoms with Gasteiger partial charge in [0, 0.05) is 49.6 Å². The largest absolute Gasteiger partial charge is 0.381 e. The van der Waals surface area contributed by atoms with E-state index in [2.05, 4.69) is 20.4 Å². The second-order valence-corrected chi connectivity index (χ2v) is 7.05. The maximum atomic E-state index is 12.6. The first-order valence-electron chi connectivity index (χ1n) is 9.37. The number of benzene rings is 1. The molecule has 7 heteroatoms. The fourth-order valence-electron chi connectivity index (χ4n) is 3.87. The number of aromatic nitrogens is 3. The Balaban J connectivity index is 1.32. The van der Waals surface area contributed by atoms with Crippen LogP contribution >= 0.6 is 0 Å². The molecule has 1 aromatic heterocycles. The highest BCUT2D eigenvalue weighted by Crippen LogP contribution is 2.20. The number of rotatable bonds is 4. The van der Waals surface area contributed by atoms with E-state index in [-0.39, 0.29) is 11.9 Å². The Hall–Kier alpha value is -2.25. The Morgan fingerprint density at radius 2 is 1.81 bits per heavy atom. The van der Waals surface area contributed by atoms with Crippen LogP contribution < -0.4 is 5.32 Å². The highest BCUT2D eigenvalue weighted by atomic mass is 16.5. The van der Waals surface area contributed by atoms with E-state index in [1.54, 1.807) is 17.2 Å². The molecule has 0 unspecified atom stereocenters. The Kier molecular flexibility index (Phi) is 5.26. The topological polar surface area (TPSA) is 72.3 Å². The number of piperidine rings is 1. The standard InChI is InChI=1S/C19H25N5O2/c25-19(15-2-1-3-18(12-15)24-13-20-21-14-24)22-16-4-8-23(9-5-16)17-6-10-26-11-7-17/h1-3,12-14,16-17H,4-11H2,(H,22,25). The third-order valence-corrected chi connectivity index (χ3v) is 5.40. The lowest BCUT2D eigenvalue weighted by atomic mass is 9.99. The van der Waals surface area contributed by atoms with E-state index in [9.17, 15) is 4.79 Å². The molecule has 2 aliphatic heterocycles. The van der Waals surface area contributed by atoms with Crippen LogP contribution in [0.1, 0.15) is 36.0 Å². The molecule has 2 fully saturated rings. The van der Waals surface area contributed by atoms with Crippen molar-refractivity contribution in [1.29, 1.82) is 0 Å². The van der Waals surface area contributed by atoms with Crippen molar-refractivity contribution in [3.8, 4) is 5.69 Å². The van der Waals surface area contributed by atoms with Gasteiger partial charge in [-0.2, -0.15) is 0 Å². The minimum absolute atomic E-state index is 0.00978. The van der Waals surface area contributed by atoms with Gasteiger partial charge in [-0.15, -0.1) is 10.2 Å². The molecule has 0 spiro atoms. The lowest BCUT2D eigenvalue weighted by Crippen LogP contribution is -2.49. The van der Waals surface area contributed by atoms with E-state index in [4.69, 9.17) is 4.74 Å². The summed E-state index contributed by atoms with van der Waals surface area (Å²) in [6.45, 7) is 3.86. The number of hydrogen-bond acceptors (Lipinski definition) is 5. The molecule has 7 nitrogen and oxygen atoms in total. The fraction of sp³-hybridized carbons (Fsp3) is 0.526. The van der Waals surface area contributed by atoms with Crippen molar-refractivity contribution >= 4 is 5.91 Å². The van der Waals surface area contributed by atoms with Crippen LogP contribution in [-0.2, 0) is 4.74 Å². The SMILES string of the molecule is O=C(NC1CCN(C2CCOCC2)CC1)c1cccc(-n2cnnc2)c1. The number of ether oxygens (including phenoxy) is 1. The van der Waals surface area contributed by atoms with Crippen molar-refractivity contribution in [3.05, 3.63) is 42.5 Å². The van der Waals surface area contributed by atoms with Crippen LogP contribution in [0.4, 0.5) is 0 Å². The van der Waals surface area contributed by atoms with Crippen molar-refractivity contribution in [3.63, 3.8) is 0 Å². The van der Waals surface area contributed by atoms with Crippen molar-refractivity contribution < 1.29 is 9.53 Å². The molecule has 0 aliphatic carbocycles. The van der Waals surface area contributed by atoms with Gasteiger partial charge in [-0.25, -0.2) is 0 Å². The van der Waals surface area contributed by atoms with E-state index < -0.39 is 0 Å². The molecule has 0 atom stereocenters. The van der Waals surface area contributed by atoms with Gasteiger partial charge in [0.25, 0.3) is 5.91 Å². The van der Waals surface area contributed by atoms with E-state index >= 15 is 0 Å². The van der Waals surface area contributed by atoms with Crippen LogP contribution in [-0.4, -0.2) is 64.0 Å². The molecule has 2 aromatic rings. The number of likely N-dealkylation sites (tertiary alicyclic amines) is 1. The zero-order valence-corrected chi connectivity index (χ0v) is 14.9. The number of amides is 1. The molecule has 2 aliphatic rings. The Labute approximate surface area is 153 Å². The third-order valence-electron chi connectivity index (χ3n) is 5.40. The number of nitrogens with one attached hydrogen (secondary N) is 1. The first-order chi connectivity index (χ1) is 12.8. The molecular weight excluding hydrogens is 330 g/mol. The van der Waals surface area contributed by atoms with Crippen LogP contribution in [0.5, 0.6) is 0 Å². The second kappa shape index (κ2) is 7.97. The maximum absolute atomic E-state index is 12.6. The molecule has 26 heavy (non-hydrogen) atoms. The average molecular weight is 355 g/mol. The van der Waals surface area contributed by atoms with Gasteiger partial charge in [0.1, 0.15) is 12.7 Å². The zero-order chi connectivity index (χ0) is 17.8. The number of nitrogens with zero attached hydrogens (tertiary/aromatic N) is 4. The summed E-state index contributed by atoms with van der Waals surface area (Å²) in [5, 5.41) is 10.8. The smallest absolute Gasteiger partial charge is 0.251 e. The summed E-state index contributed by atoms with van der Waals surface area (Å²) in [5.74, 6) is -0.00978. The van der Waals surface area contributed by atoms with Crippen molar-refractivity contribution in [2.75, 3.05) is 26.3 Å². The predicted molar refractivity (Wildman–Crippen MR) is 97.3 cm³/mol. The van der Waals surface area contributed by atoms with Crippen molar-refractivity contribution in [2.24, 2.45) is 0 Å². The molecule has 0 saturated carbocycles. The normalized spacial score (nSPS) is 20.2. The molecule has 1 N–H and O–H groups in total. The monoisotopic (exact) mass is 355 g/mol. The highest BCUT2D eigenvalue weighted by molar-refractivity contribution is 5.94. The molecule has 3 heterocycles. The van der Waals surface area contributed by atoms with E-state index in [0.717, 1.165) is 57.7 Å². The molecule has 1 amide bonds. The maximum Gasteiger partial charge on any atom is 0.251 e. The summed E-state index contributed by atoms with van der Waals surface area (Å²) in [4.78, 5) is 15.2. The van der Waals surface area contributed by atoms with Gasteiger partial charge in [0.15, 0.2) is 0 Å². The summed E-state index contributed by atoms with van der Waals surface area (Å²) in [6, 6.07) is 8.44. The molecule has 4 rings (SSSR count). The van der Waals surface area contributed by atoms with E-state index in [1.165, 1.54) is 0 Å². The molecular formula is C19H25N5O2. The summed E-state index contributed by atoms with van der Waals surface area (Å²) in [5.41, 5.74) is 1.56. The number of carbonyl (C=O) groups is 1. The second-order valence-electron chi connectivity index (χ2n) is 7.05.